The summed E-state index contributed by atoms with van der Waals surface area (Å²) in [6.45, 7) is 1.49. The number of aliphatic hydroxyl groups excluding tert-OH is 1. The highest BCUT2D eigenvalue weighted by atomic mass is 32.1. The lowest BCUT2D eigenvalue weighted by Gasteiger charge is -2.17. The quantitative estimate of drug-likeness (QED) is 0.885. The number of methoxy groups -OCH3 is 1. The van der Waals surface area contributed by atoms with Gasteiger partial charge in [0.1, 0.15) is 5.75 Å². The van der Waals surface area contributed by atoms with Crippen LogP contribution in [0.2, 0.25) is 0 Å². The molecule has 18 heavy (non-hydrogen) atoms. The van der Waals surface area contributed by atoms with Gasteiger partial charge in [0, 0.05) is 30.5 Å². The molecule has 1 N–H and O–H groups in total. The van der Waals surface area contributed by atoms with Gasteiger partial charge in [-0.15, -0.1) is 11.3 Å². The van der Waals surface area contributed by atoms with E-state index >= 15 is 0 Å². The lowest BCUT2D eigenvalue weighted by molar-refractivity contribution is 0.0757. The molecule has 3 unspecified atom stereocenters. The maximum Gasteiger partial charge on any atom is 0.264 e. The molecule has 1 aliphatic heterocycles. The van der Waals surface area contributed by atoms with Gasteiger partial charge in [-0.25, -0.2) is 0 Å². The molecule has 0 aromatic carbocycles. The summed E-state index contributed by atoms with van der Waals surface area (Å²) in [7, 11) is 1.60. The summed E-state index contributed by atoms with van der Waals surface area (Å²) < 4.78 is 5.10. The molecule has 4 nitrogen and oxygen atoms in total. The van der Waals surface area contributed by atoms with Crippen molar-refractivity contribution in [2.45, 2.75) is 18.9 Å². The molecule has 0 radical (unpaired) electrons. The summed E-state index contributed by atoms with van der Waals surface area (Å²) in [6.07, 6.45) is 1.72. The summed E-state index contributed by atoms with van der Waals surface area (Å²) in [5.74, 6) is 1.59. The molecular formula is C13H17NO3S. The Labute approximate surface area is 110 Å². The third-order valence-electron chi connectivity index (χ3n) is 4.13. The highest BCUT2D eigenvalue weighted by Crippen LogP contribution is 2.39. The van der Waals surface area contributed by atoms with Crippen molar-refractivity contribution in [1.29, 1.82) is 0 Å². The molecule has 2 heterocycles. The van der Waals surface area contributed by atoms with Gasteiger partial charge in [0.05, 0.1) is 18.1 Å². The Kier molecular flexibility index (Phi) is 3.03. The smallest absolute Gasteiger partial charge is 0.264 e. The molecule has 2 aliphatic rings. The Bertz CT molecular complexity index is 459. The molecule has 2 fully saturated rings. The Morgan fingerprint density at radius 3 is 3.00 bits per heavy atom. The number of amides is 1. The molecular weight excluding hydrogens is 250 g/mol. The molecule has 1 aromatic heterocycles. The second-order valence-corrected chi connectivity index (χ2v) is 6.04. The van der Waals surface area contributed by atoms with Crippen LogP contribution in [0, 0.1) is 11.8 Å². The van der Waals surface area contributed by atoms with Crippen molar-refractivity contribution >= 4 is 17.2 Å². The van der Waals surface area contributed by atoms with Crippen molar-refractivity contribution in [3.63, 3.8) is 0 Å². The van der Waals surface area contributed by atoms with Gasteiger partial charge in [-0.3, -0.25) is 4.79 Å². The zero-order valence-corrected chi connectivity index (χ0v) is 11.2. The summed E-state index contributed by atoms with van der Waals surface area (Å²) in [6, 6.07) is 1.79. The van der Waals surface area contributed by atoms with Crippen LogP contribution in [0.1, 0.15) is 22.5 Å². The number of rotatable bonds is 2. The molecule has 1 saturated carbocycles. The second kappa shape index (κ2) is 4.55. The number of hydrogen-bond donors (Lipinski definition) is 1. The van der Waals surface area contributed by atoms with E-state index in [1.807, 2.05) is 10.3 Å². The van der Waals surface area contributed by atoms with Gasteiger partial charge in [-0.2, -0.15) is 0 Å². The Hall–Kier alpha value is -1.07. The number of carbonyl (C=O) groups excluding carboxylic acids is 1. The summed E-state index contributed by atoms with van der Waals surface area (Å²) in [5, 5.41) is 11.7. The molecule has 0 bridgehead atoms. The lowest BCUT2D eigenvalue weighted by Crippen LogP contribution is -2.30. The first kappa shape index (κ1) is 12.0. The average Bonchev–Trinajstić information content (AvgIpc) is 3.06. The lowest BCUT2D eigenvalue weighted by atomic mass is 10.00. The number of likely N-dealkylation sites (tertiary alicyclic amines) is 1. The Balaban J connectivity index is 1.71. The normalized spacial score (nSPS) is 30.6. The van der Waals surface area contributed by atoms with Gasteiger partial charge in [0.2, 0.25) is 0 Å². The van der Waals surface area contributed by atoms with Crippen LogP contribution < -0.4 is 4.74 Å². The summed E-state index contributed by atoms with van der Waals surface area (Å²) in [5.41, 5.74) is 0. The number of aliphatic hydroxyl groups is 1. The van der Waals surface area contributed by atoms with E-state index in [9.17, 15) is 9.90 Å². The van der Waals surface area contributed by atoms with Crippen molar-refractivity contribution in [2.24, 2.45) is 11.8 Å². The van der Waals surface area contributed by atoms with E-state index in [0.717, 1.165) is 30.0 Å². The van der Waals surface area contributed by atoms with Crippen molar-refractivity contribution < 1.29 is 14.6 Å². The second-order valence-electron chi connectivity index (χ2n) is 5.13. The molecule has 3 atom stereocenters. The number of carbonyl (C=O) groups is 1. The summed E-state index contributed by atoms with van der Waals surface area (Å²) in [4.78, 5) is 14.9. The number of ether oxygens (including phenoxy) is 1. The van der Waals surface area contributed by atoms with E-state index in [1.54, 1.807) is 13.2 Å². The van der Waals surface area contributed by atoms with E-state index < -0.39 is 0 Å². The largest absolute Gasteiger partial charge is 0.496 e. The van der Waals surface area contributed by atoms with Crippen LogP contribution in [0.5, 0.6) is 5.75 Å². The van der Waals surface area contributed by atoms with Gasteiger partial charge < -0.3 is 14.7 Å². The number of hydrogen-bond acceptors (Lipinski definition) is 4. The highest BCUT2D eigenvalue weighted by molar-refractivity contribution is 7.12. The molecule has 5 heteroatoms. The minimum Gasteiger partial charge on any atom is -0.496 e. The SMILES string of the molecule is COc1csc(C(=O)N2CC3CCC(O)C3C2)c1. The van der Waals surface area contributed by atoms with E-state index in [0.29, 0.717) is 12.5 Å². The van der Waals surface area contributed by atoms with Gasteiger partial charge >= 0.3 is 0 Å². The topological polar surface area (TPSA) is 49.8 Å². The van der Waals surface area contributed by atoms with E-state index in [2.05, 4.69) is 0 Å². The third kappa shape index (κ3) is 1.91. The van der Waals surface area contributed by atoms with E-state index in [-0.39, 0.29) is 17.9 Å². The van der Waals surface area contributed by atoms with Crippen molar-refractivity contribution in [2.75, 3.05) is 20.2 Å². The fourth-order valence-corrected chi connectivity index (χ4v) is 3.92. The molecule has 1 aromatic rings. The molecule has 1 amide bonds. The van der Waals surface area contributed by atoms with Crippen LogP contribution in [0.15, 0.2) is 11.4 Å². The Morgan fingerprint density at radius 1 is 1.50 bits per heavy atom. The average molecular weight is 267 g/mol. The molecule has 1 aliphatic carbocycles. The van der Waals surface area contributed by atoms with Gasteiger partial charge in [-0.1, -0.05) is 0 Å². The predicted molar refractivity (Wildman–Crippen MR) is 69.0 cm³/mol. The minimum atomic E-state index is -0.217. The molecule has 1 saturated heterocycles. The maximum absolute atomic E-state index is 12.3. The van der Waals surface area contributed by atoms with Crippen LogP contribution in [0.3, 0.4) is 0 Å². The first-order chi connectivity index (χ1) is 8.69. The van der Waals surface area contributed by atoms with Gasteiger partial charge in [0.25, 0.3) is 5.91 Å². The van der Waals surface area contributed by atoms with Crippen molar-refractivity contribution in [3.05, 3.63) is 16.3 Å². The van der Waals surface area contributed by atoms with Gasteiger partial charge in [-0.05, 0) is 18.8 Å². The fraction of sp³-hybridized carbons (Fsp3) is 0.615. The predicted octanol–water partition coefficient (Wildman–Crippen LogP) is 1.60. The Morgan fingerprint density at radius 2 is 2.33 bits per heavy atom. The van der Waals surface area contributed by atoms with Crippen molar-refractivity contribution in [1.82, 2.24) is 4.90 Å². The first-order valence-electron chi connectivity index (χ1n) is 6.29. The number of fused-ring (bicyclic) bond motifs is 1. The zero-order valence-electron chi connectivity index (χ0n) is 10.3. The monoisotopic (exact) mass is 267 g/mol. The zero-order chi connectivity index (χ0) is 12.7. The van der Waals surface area contributed by atoms with Crippen LogP contribution in [0.25, 0.3) is 0 Å². The first-order valence-corrected chi connectivity index (χ1v) is 7.17. The standard InChI is InChI=1S/C13H17NO3S/c1-17-9-4-12(18-7-9)13(16)14-5-8-2-3-11(15)10(8)6-14/h4,7-8,10-11,15H,2-3,5-6H2,1H3. The maximum atomic E-state index is 12.3. The number of nitrogens with zero attached hydrogens (tertiary/aromatic N) is 1. The van der Waals surface area contributed by atoms with Gasteiger partial charge in [0.15, 0.2) is 0 Å². The minimum absolute atomic E-state index is 0.0740. The third-order valence-corrected chi connectivity index (χ3v) is 5.02. The van der Waals surface area contributed by atoms with Crippen LogP contribution in [0.4, 0.5) is 0 Å². The highest BCUT2D eigenvalue weighted by Gasteiger charge is 2.43. The van der Waals surface area contributed by atoms with E-state index in [1.165, 1.54) is 11.3 Å². The molecule has 0 spiro atoms. The summed E-state index contributed by atoms with van der Waals surface area (Å²) >= 11 is 1.42. The van der Waals surface area contributed by atoms with Crippen LogP contribution in [-0.4, -0.2) is 42.2 Å². The fourth-order valence-electron chi connectivity index (χ4n) is 3.10. The molecule has 98 valence electrons. The van der Waals surface area contributed by atoms with Crippen LogP contribution >= 0.6 is 11.3 Å². The van der Waals surface area contributed by atoms with Crippen LogP contribution in [-0.2, 0) is 0 Å². The number of thiophene rings is 1. The molecule has 3 rings (SSSR count). The van der Waals surface area contributed by atoms with E-state index in [4.69, 9.17) is 4.74 Å². The van der Waals surface area contributed by atoms with Crippen molar-refractivity contribution in [3.8, 4) is 5.75 Å².